The van der Waals surface area contributed by atoms with Crippen molar-refractivity contribution in [3.05, 3.63) is 34.3 Å². The van der Waals surface area contributed by atoms with Crippen molar-refractivity contribution < 1.29 is 4.79 Å². The number of carbonyl (C=O) groups is 1. The third kappa shape index (κ3) is 4.82. The molecule has 1 heterocycles. The minimum atomic E-state index is 0.278. The zero-order valence-electron chi connectivity index (χ0n) is 12.9. The Morgan fingerprint density at radius 3 is 2.52 bits per heavy atom. The van der Waals surface area contributed by atoms with Gasteiger partial charge < -0.3 is 10.2 Å². The summed E-state index contributed by atoms with van der Waals surface area (Å²) >= 11 is 3.45. The van der Waals surface area contributed by atoms with Gasteiger partial charge in [-0.15, -0.1) is 0 Å². The van der Waals surface area contributed by atoms with Crippen molar-refractivity contribution in [2.75, 3.05) is 26.7 Å². The van der Waals surface area contributed by atoms with Gasteiger partial charge in [-0.3, -0.25) is 4.79 Å². The number of hydrogen-bond donors (Lipinski definition) is 1. The Morgan fingerprint density at radius 1 is 1.33 bits per heavy atom. The number of nitrogens with zero attached hydrogens (tertiary/aromatic N) is 1. The molecule has 1 aliphatic rings. The van der Waals surface area contributed by atoms with Gasteiger partial charge in [0.2, 0.25) is 5.91 Å². The number of halogens is 1. The highest BCUT2D eigenvalue weighted by molar-refractivity contribution is 9.10. The lowest BCUT2D eigenvalue weighted by Gasteiger charge is -2.32. The van der Waals surface area contributed by atoms with Gasteiger partial charge in [-0.25, -0.2) is 0 Å². The zero-order valence-corrected chi connectivity index (χ0v) is 14.5. The average Bonchev–Trinajstić information content (AvgIpc) is 2.49. The van der Waals surface area contributed by atoms with Gasteiger partial charge in [-0.05, 0) is 56.0 Å². The standard InChI is InChI=1S/C17H25BrN2O/c1-13(15-3-5-16(18)6-4-15)11-17(21)20-9-7-14(8-10-20)12-19-2/h3-6,13-14,19H,7-12H2,1-2H3. The first-order chi connectivity index (χ1) is 10.1. The third-order valence-corrected chi connectivity index (χ3v) is 4.91. The molecule has 116 valence electrons. The first-order valence-electron chi connectivity index (χ1n) is 7.78. The van der Waals surface area contributed by atoms with Crippen LogP contribution in [0.2, 0.25) is 0 Å². The first kappa shape index (κ1) is 16.5. The minimum absolute atomic E-state index is 0.278. The second kappa shape index (κ2) is 7.95. The largest absolute Gasteiger partial charge is 0.343 e. The Labute approximate surface area is 136 Å². The molecule has 21 heavy (non-hydrogen) atoms. The van der Waals surface area contributed by atoms with Crippen molar-refractivity contribution in [2.24, 2.45) is 5.92 Å². The Morgan fingerprint density at radius 2 is 1.95 bits per heavy atom. The van der Waals surface area contributed by atoms with Crippen molar-refractivity contribution >= 4 is 21.8 Å². The molecule has 0 radical (unpaired) electrons. The molecular formula is C17H25BrN2O. The van der Waals surface area contributed by atoms with Gasteiger partial charge in [-0.2, -0.15) is 0 Å². The SMILES string of the molecule is CNCC1CCN(C(=O)CC(C)c2ccc(Br)cc2)CC1. The maximum Gasteiger partial charge on any atom is 0.223 e. The number of likely N-dealkylation sites (tertiary alicyclic amines) is 1. The van der Waals surface area contributed by atoms with Crippen LogP contribution in [0.3, 0.4) is 0 Å². The fourth-order valence-corrected chi connectivity index (χ4v) is 3.24. The van der Waals surface area contributed by atoms with E-state index in [-0.39, 0.29) is 5.92 Å². The number of carbonyl (C=O) groups excluding carboxylic acids is 1. The van der Waals surface area contributed by atoms with Crippen molar-refractivity contribution in [1.82, 2.24) is 10.2 Å². The lowest BCUT2D eigenvalue weighted by atomic mass is 9.94. The van der Waals surface area contributed by atoms with E-state index >= 15 is 0 Å². The van der Waals surface area contributed by atoms with Gasteiger partial charge in [0.1, 0.15) is 0 Å². The fraction of sp³-hybridized carbons (Fsp3) is 0.588. The molecule has 0 spiro atoms. The Balaban J connectivity index is 1.83. The molecule has 1 aromatic carbocycles. The quantitative estimate of drug-likeness (QED) is 0.880. The number of nitrogens with one attached hydrogen (secondary N) is 1. The van der Waals surface area contributed by atoms with Crippen LogP contribution in [0.1, 0.15) is 37.7 Å². The third-order valence-electron chi connectivity index (χ3n) is 4.38. The maximum atomic E-state index is 12.4. The van der Waals surface area contributed by atoms with Crippen LogP contribution in [-0.4, -0.2) is 37.5 Å². The number of piperidine rings is 1. The molecule has 1 N–H and O–H groups in total. The summed E-state index contributed by atoms with van der Waals surface area (Å²) in [5, 5.41) is 3.23. The van der Waals surface area contributed by atoms with Crippen LogP contribution in [0, 0.1) is 5.92 Å². The maximum absolute atomic E-state index is 12.4. The Kier molecular flexibility index (Phi) is 6.24. The zero-order chi connectivity index (χ0) is 15.2. The van der Waals surface area contributed by atoms with Gasteiger partial charge in [0.05, 0.1) is 0 Å². The van der Waals surface area contributed by atoms with Crippen molar-refractivity contribution in [1.29, 1.82) is 0 Å². The highest BCUT2D eigenvalue weighted by Crippen LogP contribution is 2.24. The van der Waals surface area contributed by atoms with Crippen molar-refractivity contribution in [3.8, 4) is 0 Å². The van der Waals surface area contributed by atoms with Gasteiger partial charge in [-0.1, -0.05) is 35.0 Å². The van der Waals surface area contributed by atoms with Crippen LogP contribution >= 0.6 is 15.9 Å². The summed E-state index contributed by atoms with van der Waals surface area (Å²) in [6.45, 7) is 5.03. The smallest absolute Gasteiger partial charge is 0.223 e. The molecule has 1 atom stereocenters. The molecule has 0 aliphatic carbocycles. The van der Waals surface area contributed by atoms with Gasteiger partial charge >= 0.3 is 0 Å². The van der Waals surface area contributed by atoms with Crippen LogP contribution in [-0.2, 0) is 4.79 Å². The minimum Gasteiger partial charge on any atom is -0.343 e. The molecule has 0 aromatic heterocycles. The molecule has 3 nitrogen and oxygen atoms in total. The first-order valence-corrected chi connectivity index (χ1v) is 8.57. The normalized spacial score (nSPS) is 17.8. The number of benzene rings is 1. The van der Waals surface area contributed by atoms with Crippen LogP contribution in [0.5, 0.6) is 0 Å². The molecular weight excluding hydrogens is 328 g/mol. The predicted octanol–water partition coefficient (Wildman–Crippen LogP) is 3.40. The Hall–Kier alpha value is -0.870. The highest BCUT2D eigenvalue weighted by Gasteiger charge is 2.23. The molecule has 0 saturated carbocycles. The van der Waals surface area contributed by atoms with Crippen molar-refractivity contribution in [2.45, 2.75) is 32.1 Å². The van der Waals surface area contributed by atoms with E-state index in [2.05, 4.69) is 40.3 Å². The van der Waals surface area contributed by atoms with E-state index in [9.17, 15) is 4.79 Å². The second-order valence-electron chi connectivity index (χ2n) is 6.04. The predicted molar refractivity (Wildman–Crippen MR) is 90.4 cm³/mol. The van der Waals surface area contributed by atoms with E-state index in [4.69, 9.17) is 0 Å². The molecule has 1 unspecified atom stereocenters. The average molecular weight is 353 g/mol. The second-order valence-corrected chi connectivity index (χ2v) is 6.95. The van der Waals surface area contributed by atoms with Crippen LogP contribution in [0.25, 0.3) is 0 Å². The van der Waals surface area contributed by atoms with Crippen LogP contribution < -0.4 is 5.32 Å². The highest BCUT2D eigenvalue weighted by atomic mass is 79.9. The van der Waals surface area contributed by atoms with Gasteiger partial charge in [0.25, 0.3) is 0 Å². The van der Waals surface area contributed by atoms with Gasteiger partial charge in [0, 0.05) is 24.0 Å². The summed E-state index contributed by atoms with van der Waals surface area (Å²) in [6, 6.07) is 8.28. The summed E-state index contributed by atoms with van der Waals surface area (Å²) in [4.78, 5) is 14.5. The van der Waals surface area contributed by atoms with E-state index in [1.165, 1.54) is 5.56 Å². The summed E-state index contributed by atoms with van der Waals surface area (Å²) in [5.41, 5.74) is 1.23. The van der Waals surface area contributed by atoms with Crippen LogP contribution in [0.15, 0.2) is 28.7 Å². The van der Waals surface area contributed by atoms with Crippen LogP contribution in [0.4, 0.5) is 0 Å². The number of rotatable bonds is 5. The van der Waals surface area contributed by atoms with E-state index in [1.807, 2.05) is 24.1 Å². The van der Waals surface area contributed by atoms with Crippen molar-refractivity contribution in [3.63, 3.8) is 0 Å². The summed E-state index contributed by atoms with van der Waals surface area (Å²) in [7, 11) is 2.00. The van der Waals surface area contributed by atoms with E-state index < -0.39 is 0 Å². The monoisotopic (exact) mass is 352 g/mol. The summed E-state index contributed by atoms with van der Waals surface area (Å²) < 4.78 is 1.08. The lowest BCUT2D eigenvalue weighted by molar-refractivity contribution is -0.132. The van der Waals surface area contributed by atoms with E-state index in [0.29, 0.717) is 12.3 Å². The molecule has 4 heteroatoms. The molecule has 1 saturated heterocycles. The fourth-order valence-electron chi connectivity index (χ4n) is 2.98. The molecule has 1 aliphatic heterocycles. The summed E-state index contributed by atoms with van der Waals surface area (Å²) in [6.07, 6.45) is 2.86. The Bertz CT molecular complexity index is 452. The lowest BCUT2D eigenvalue weighted by Crippen LogP contribution is -2.40. The number of hydrogen-bond acceptors (Lipinski definition) is 2. The topological polar surface area (TPSA) is 32.3 Å². The molecule has 1 fully saturated rings. The molecule has 1 amide bonds. The van der Waals surface area contributed by atoms with E-state index in [1.54, 1.807) is 0 Å². The van der Waals surface area contributed by atoms with Gasteiger partial charge in [0.15, 0.2) is 0 Å². The summed E-state index contributed by atoms with van der Waals surface area (Å²) in [5.74, 6) is 1.30. The molecule has 1 aromatic rings. The molecule has 2 rings (SSSR count). The number of amides is 1. The van der Waals surface area contributed by atoms with E-state index in [0.717, 1.165) is 42.9 Å². The molecule has 0 bridgehead atoms.